The van der Waals surface area contributed by atoms with E-state index < -0.39 is 0 Å². The van der Waals surface area contributed by atoms with Crippen molar-refractivity contribution < 1.29 is 0 Å². The topological polar surface area (TPSA) is 63.1 Å². The number of rotatable bonds is 2. The summed E-state index contributed by atoms with van der Waals surface area (Å²) < 4.78 is 3.41. The molecule has 0 aromatic carbocycles. The fraction of sp³-hybridized carbons (Fsp3) is 0.0833. The standard InChI is InChI=1S/C12H8N4OS/c13-6-9-2-1-3-15(11(9)17)7-10-8-16-4-5-18-12(16)14-10/h1-5,8H,7H2. The zero-order chi connectivity index (χ0) is 12.5. The smallest absolute Gasteiger partial charge is 0.268 e. The van der Waals surface area contributed by atoms with Crippen molar-refractivity contribution in [1.82, 2.24) is 14.0 Å². The van der Waals surface area contributed by atoms with Gasteiger partial charge in [-0.3, -0.25) is 9.20 Å². The van der Waals surface area contributed by atoms with Crippen LogP contribution in [-0.4, -0.2) is 14.0 Å². The minimum atomic E-state index is -0.281. The molecule has 0 radical (unpaired) electrons. The third-order valence-corrected chi connectivity index (χ3v) is 3.39. The highest BCUT2D eigenvalue weighted by molar-refractivity contribution is 7.15. The highest BCUT2D eigenvalue weighted by Gasteiger charge is 2.06. The SMILES string of the molecule is N#Cc1cccn(Cc2cn3ccsc3n2)c1=O. The molecule has 0 N–H and O–H groups in total. The molecule has 18 heavy (non-hydrogen) atoms. The van der Waals surface area contributed by atoms with E-state index in [0.29, 0.717) is 6.54 Å². The molecule has 0 fully saturated rings. The lowest BCUT2D eigenvalue weighted by Gasteiger charge is -2.02. The maximum atomic E-state index is 11.9. The molecular weight excluding hydrogens is 248 g/mol. The zero-order valence-corrected chi connectivity index (χ0v) is 10.1. The number of fused-ring (bicyclic) bond motifs is 1. The fourth-order valence-corrected chi connectivity index (χ4v) is 2.49. The number of aromatic nitrogens is 3. The van der Waals surface area contributed by atoms with Crippen molar-refractivity contribution in [2.75, 3.05) is 0 Å². The van der Waals surface area contributed by atoms with Gasteiger partial charge in [-0.2, -0.15) is 5.26 Å². The first kappa shape index (κ1) is 10.7. The van der Waals surface area contributed by atoms with Crippen molar-refractivity contribution in [3.8, 4) is 6.07 Å². The molecule has 0 aliphatic heterocycles. The Bertz CT molecular complexity index is 777. The van der Waals surface area contributed by atoms with Crippen LogP contribution >= 0.6 is 11.3 Å². The Balaban J connectivity index is 2.00. The molecule has 3 heterocycles. The first-order valence-electron chi connectivity index (χ1n) is 5.28. The van der Waals surface area contributed by atoms with Crippen molar-refractivity contribution in [3.63, 3.8) is 0 Å². The number of nitriles is 1. The second kappa shape index (κ2) is 4.13. The summed E-state index contributed by atoms with van der Waals surface area (Å²) in [6.45, 7) is 0.378. The number of pyridine rings is 1. The van der Waals surface area contributed by atoms with Gasteiger partial charge in [0.1, 0.15) is 11.6 Å². The summed E-state index contributed by atoms with van der Waals surface area (Å²) in [5.74, 6) is 0. The molecule has 0 unspecified atom stereocenters. The lowest BCUT2D eigenvalue weighted by molar-refractivity contribution is 0.742. The molecule has 5 nitrogen and oxygen atoms in total. The molecule has 3 aromatic rings. The second-order valence-electron chi connectivity index (χ2n) is 3.79. The van der Waals surface area contributed by atoms with Gasteiger partial charge in [-0.25, -0.2) is 4.98 Å². The van der Waals surface area contributed by atoms with Gasteiger partial charge in [-0.15, -0.1) is 11.3 Å². The number of hydrogen-bond acceptors (Lipinski definition) is 4. The van der Waals surface area contributed by atoms with Gasteiger partial charge < -0.3 is 4.57 Å². The van der Waals surface area contributed by atoms with Gasteiger partial charge in [0.05, 0.1) is 12.2 Å². The summed E-state index contributed by atoms with van der Waals surface area (Å²) in [6, 6.07) is 5.10. The van der Waals surface area contributed by atoms with E-state index in [-0.39, 0.29) is 11.1 Å². The van der Waals surface area contributed by atoms with Gasteiger partial charge in [-0.1, -0.05) is 0 Å². The van der Waals surface area contributed by atoms with Crippen LogP contribution in [0.2, 0.25) is 0 Å². The van der Waals surface area contributed by atoms with Gasteiger partial charge in [-0.05, 0) is 12.1 Å². The van der Waals surface area contributed by atoms with Crippen molar-refractivity contribution in [3.05, 3.63) is 57.7 Å². The predicted molar refractivity (Wildman–Crippen MR) is 67.6 cm³/mol. The van der Waals surface area contributed by atoms with E-state index in [1.165, 1.54) is 10.6 Å². The Morgan fingerprint density at radius 3 is 3.11 bits per heavy atom. The molecule has 0 saturated heterocycles. The van der Waals surface area contributed by atoms with E-state index in [4.69, 9.17) is 5.26 Å². The first-order valence-corrected chi connectivity index (χ1v) is 6.16. The van der Waals surface area contributed by atoms with Crippen LogP contribution in [0.15, 0.2) is 40.9 Å². The molecule has 0 aliphatic carbocycles. The summed E-state index contributed by atoms with van der Waals surface area (Å²) in [6.07, 6.45) is 5.47. The summed E-state index contributed by atoms with van der Waals surface area (Å²) in [5, 5.41) is 10.8. The van der Waals surface area contributed by atoms with Crippen LogP contribution in [0.25, 0.3) is 4.96 Å². The van der Waals surface area contributed by atoms with Crippen LogP contribution in [0.4, 0.5) is 0 Å². The van der Waals surface area contributed by atoms with Crippen molar-refractivity contribution in [1.29, 1.82) is 5.26 Å². The first-order chi connectivity index (χ1) is 8.78. The van der Waals surface area contributed by atoms with E-state index in [2.05, 4.69) is 4.98 Å². The van der Waals surface area contributed by atoms with Crippen LogP contribution in [-0.2, 0) is 6.54 Å². The number of thiazole rings is 1. The summed E-state index contributed by atoms with van der Waals surface area (Å²) in [7, 11) is 0. The monoisotopic (exact) mass is 256 g/mol. The van der Waals surface area contributed by atoms with Gasteiger partial charge in [0, 0.05) is 24.0 Å². The quantitative estimate of drug-likeness (QED) is 0.697. The Kier molecular flexibility index (Phi) is 2.46. The highest BCUT2D eigenvalue weighted by atomic mass is 32.1. The average molecular weight is 256 g/mol. The number of hydrogen-bond donors (Lipinski definition) is 0. The molecule has 0 aliphatic rings. The van der Waals surface area contributed by atoms with E-state index in [1.54, 1.807) is 23.6 Å². The molecule has 3 rings (SSSR count). The third-order valence-electron chi connectivity index (χ3n) is 2.62. The minimum Gasteiger partial charge on any atom is -0.308 e. The number of imidazole rings is 1. The Morgan fingerprint density at radius 2 is 2.33 bits per heavy atom. The van der Waals surface area contributed by atoms with E-state index >= 15 is 0 Å². The Hall–Kier alpha value is -2.39. The molecule has 3 aromatic heterocycles. The second-order valence-corrected chi connectivity index (χ2v) is 4.66. The lowest BCUT2D eigenvalue weighted by atomic mass is 10.3. The minimum absolute atomic E-state index is 0.151. The zero-order valence-electron chi connectivity index (χ0n) is 9.28. The van der Waals surface area contributed by atoms with E-state index in [9.17, 15) is 4.79 Å². The van der Waals surface area contributed by atoms with Gasteiger partial charge in [0.15, 0.2) is 4.96 Å². The van der Waals surface area contributed by atoms with E-state index in [1.807, 2.05) is 28.2 Å². The van der Waals surface area contributed by atoms with E-state index in [0.717, 1.165) is 10.7 Å². The van der Waals surface area contributed by atoms with Gasteiger partial charge >= 0.3 is 0 Å². The van der Waals surface area contributed by atoms with Crippen LogP contribution in [0, 0.1) is 11.3 Å². The molecule has 88 valence electrons. The normalized spacial score (nSPS) is 10.6. The Morgan fingerprint density at radius 1 is 1.44 bits per heavy atom. The van der Waals surface area contributed by atoms with Crippen molar-refractivity contribution >= 4 is 16.3 Å². The summed E-state index contributed by atoms with van der Waals surface area (Å²) in [4.78, 5) is 17.2. The third kappa shape index (κ3) is 1.71. The Labute approximate surface area is 106 Å². The molecular formula is C12H8N4OS. The molecule has 0 spiro atoms. The van der Waals surface area contributed by atoms with Crippen LogP contribution in [0.3, 0.4) is 0 Å². The average Bonchev–Trinajstić information content (AvgIpc) is 2.92. The highest BCUT2D eigenvalue weighted by Crippen LogP contribution is 2.11. The molecule has 6 heteroatoms. The largest absolute Gasteiger partial charge is 0.308 e. The fourth-order valence-electron chi connectivity index (χ4n) is 1.77. The summed E-state index contributed by atoms with van der Waals surface area (Å²) >= 11 is 1.54. The molecule has 0 amide bonds. The molecule has 0 saturated carbocycles. The van der Waals surface area contributed by atoms with Gasteiger partial charge in [0.2, 0.25) is 0 Å². The lowest BCUT2D eigenvalue weighted by Crippen LogP contribution is -2.22. The summed E-state index contributed by atoms with van der Waals surface area (Å²) in [5.41, 5.74) is 0.675. The molecule has 0 atom stereocenters. The molecule has 0 bridgehead atoms. The maximum Gasteiger partial charge on any atom is 0.268 e. The van der Waals surface area contributed by atoms with Gasteiger partial charge in [0.25, 0.3) is 5.56 Å². The van der Waals surface area contributed by atoms with Crippen molar-refractivity contribution in [2.45, 2.75) is 6.54 Å². The predicted octanol–water partition coefficient (Wildman–Crippen LogP) is 1.48. The van der Waals surface area contributed by atoms with Crippen molar-refractivity contribution in [2.24, 2.45) is 0 Å². The maximum absolute atomic E-state index is 11.9. The van der Waals surface area contributed by atoms with Crippen LogP contribution < -0.4 is 5.56 Å². The van der Waals surface area contributed by atoms with Crippen LogP contribution in [0.1, 0.15) is 11.3 Å². The van der Waals surface area contributed by atoms with Crippen LogP contribution in [0.5, 0.6) is 0 Å². The number of nitrogens with zero attached hydrogens (tertiary/aromatic N) is 4.